The first-order chi connectivity index (χ1) is 13.1. The molecular formula is C23H25ClN2O. The fourth-order valence-electron chi connectivity index (χ4n) is 5.71. The van der Waals surface area contributed by atoms with Crippen LogP contribution in [0.5, 0.6) is 0 Å². The van der Waals surface area contributed by atoms with Crippen molar-refractivity contribution in [1.29, 1.82) is 0 Å². The van der Waals surface area contributed by atoms with Gasteiger partial charge >= 0.3 is 0 Å². The van der Waals surface area contributed by atoms with Crippen molar-refractivity contribution in [1.82, 2.24) is 9.80 Å². The maximum Gasteiger partial charge on any atom is 0.243 e. The van der Waals surface area contributed by atoms with E-state index in [-0.39, 0.29) is 5.54 Å². The zero-order chi connectivity index (χ0) is 18.6. The van der Waals surface area contributed by atoms with E-state index in [1.54, 1.807) is 0 Å². The molecule has 0 aromatic heterocycles. The topological polar surface area (TPSA) is 23.6 Å². The maximum absolute atomic E-state index is 13.6. The summed E-state index contributed by atoms with van der Waals surface area (Å²) >= 11 is 6.08. The molecule has 0 N–H and O–H groups in total. The number of hydrogen-bond acceptors (Lipinski definition) is 2. The van der Waals surface area contributed by atoms with Crippen molar-refractivity contribution in [3.05, 3.63) is 70.2 Å². The lowest BCUT2D eigenvalue weighted by molar-refractivity contribution is -0.137. The Kier molecular flexibility index (Phi) is 4.06. The number of nitrogens with zero attached hydrogens (tertiary/aromatic N) is 2. The van der Waals surface area contributed by atoms with E-state index < -0.39 is 0 Å². The highest BCUT2D eigenvalue weighted by molar-refractivity contribution is 6.30. The Morgan fingerprint density at radius 3 is 2.70 bits per heavy atom. The third-order valence-corrected chi connectivity index (χ3v) is 7.26. The van der Waals surface area contributed by atoms with Crippen LogP contribution in [0, 0.1) is 12.8 Å². The average molecular weight is 381 g/mol. The summed E-state index contributed by atoms with van der Waals surface area (Å²) in [5.41, 5.74) is 3.56. The second-order valence-electron chi connectivity index (χ2n) is 8.33. The molecule has 0 radical (unpaired) electrons. The van der Waals surface area contributed by atoms with E-state index in [4.69, 9.17) is 11.6 Å². The number of hydrogen-bond donors (Lipinski definition) is 0. The van der Waals surface area contributed by atoms with Gasteiger partial charge in [0.05, 0.1) is 0 Å². The summed E-state index contributed by atoms with van der Waals surface area (Å²) in [5, 5.41) is 0.772. The maximum atomic E-state index is 13.6. The van der Waals surface area contributed by atoms with Gasteiger partial charge in [-0.3, -0.25) is 9.69 Å². The summed E-state index contributed by atoms with van der Waals surface area (Å²) in [6, 6.07) is 17.0. The summed E-state index contributed by atoms with van der Waals surface area (Å²) in [4.78, 5) is 18.2. The number of carbonyl (C=O) groups excluding carboxylic acids is 1. The summed E-state index contributed by atoms with van der Waals surface area (Å²) in [6.07, 6.45) is 3.19. The van der Waals surface area contributed by atoms with E-state index in [1.807, 2.05) is 12.1 Å². The molecule has 1 amide bonds. The van der Waals surface area contributed by atoms with Gasteiger partial charge in [-0.05, 0) is 61.6 Å². The molecule has 0 unspecified atom stereocenters. The largest absolute Gasteiger partial charge is 0.336 e. The monoisotopic (exact) mass is 380 g/mol. The molecule has 1 spiro atoms. The van der Waals surface area contributed by atoms with Crippen LogP contribution >= 0.6 is 11.6 Å². The van der Waals surface area contributed by atoms with Gasteiger partial charge in [0, 0.05) is 30.1 Å². The fourth-order valence-corrected chi connectivity index (χ4v) is 5.84. The zero-order valence-electron chi connectivity index (χ0n) is 15.7. The minimum Gasteiger partial charge on any atom is -0.336 e. The summed E-state index contributed by atoms with van der Waals surface area (Å²) < 4.78 is 0. The molecule has 3 atom stereocenters. The van der Waals surface area contributed by atoms with Gasteiger partial charge in [-0.25, -0.2) is 0 Å². The molecule has 3 fully saturated rings. The Morgan fingerprint density at radius 1 is 1.15 bits per heavy atom. The molecule has 0 saturated carbocycles. The number of aryl methyl sites for hydroxylation is 1. The van der Waals surface area contributed by atoms with Gasteiger partial charge in [0.1, 0.15) is 5.54 Å². The number of amides is 1. The van der Waals surface area contributed by atoms with Gasteiger partial charge in [0.15, 0.2) is 0 Å². The summed E-state index contributed by atoms with van der Waals surface area (Å²) in [6.45, 7) is 4.78. The van der Waals surface area contributed by atoms with E-state index in [9.17, 15) is 4.79 Å². The Bertz CT molecular complexity index is 880. The van der Waals surface area contributed by atoms with Crippen LogP contribution in [0.1, 0.15) is 42.0 Å². The van der Waals surface area contributed by atoms with Gasteiger partial charge in [0.25, 0.3) is 0 Å². The van der Waals surface area contributed by atoms with Gasteiger partial charge in [-0.2, -0.15) is 0 Å². The number of halogens is 1. The molecule has 140 valence electrons. The van der Waals surface area contributed by atoms with Crippen LogP contribution in [0.4, 0.5) is 0 Å². The van der Waals surface area contributed by atoms with Gasteiger partial charge in [-0.15, -0.1) is 0 Å². The van der Waals surface area contributed by atoms with Crippen LogP contribution in [0.2, 0.25) is 5.02 Å². The van der Waals surface area contributed by atoms with Crippen LogP contribution < -0.4 is 0 Å². The molecule has 2 aromatic carbocycles. The molecule has 0 bridgehead atoms. The third-order valence-electron chi connectivity index (χ3n) is 7.00. The van der Waals surface area contributed by atoms with Crippen LogP contribution in [0.3, 0.4) is 0 Å². The Morgan fingerprint density at radius 2 is 1.93 bits per heavy atom. The molecule has 3 aliphatic rings. The second kappa shape index (κ2) is 6.35. The van der Waals surface area contributed by atoms with E-state index in [2.05, 4.69) is 53.1 Å². The van der Waals surface area contributed by atoms with Gasteiger partial charge in [-0.1, -0.05) is 48.0 Å². The van der Waals surface area contributed by atoms with Crippen LogP contribution in [0.25, 0.3) is 0 Å². The van der Waals surface area contributed by atoms with E-state index >= 15 is 0 Å². The van der Waals surface area contributed by atoms with Crippen molar-refractivity contribution >= 4 is 17.5 Å². The molecule has 5 rings (SSSR count). The Balaban J connectivity index is 1.43. The zero-order valence-corrected chi connectivity index (χ0v) is 16.5. The molecule has 27 heavy (non-hydrogen) atoms. The SMILES string of the molecule is Cc1ccccc1CN1C[C@@H]2C[C@@H](c3ccc(Cl)cc3)N3CCC[C@@]23C1=O. The average Bonchev–Trinajstić information content (AvgIpc) is 3.29. The van der Waals surface area contributed by atoms with Crippen molar-refractivity contribution in [2.45, 2.75) is 44.3 Å². The molecule has 3 nitrogen and oxygen atoms in total. The Labute approximate surface area is 165 Å². The number of rotatable bonds is 3. The molecule has 2 aromatic rings. The molecule has 0 aliphatic carbocycles. The molecular weight excluding hydrogens is 356 g/mol. The van der Waals surface area contributed by atoms with Gasteiger partial charge < -0.3 is 4.90 Å². The quantitative estimate of drug-likeness (QED) is 0.777. The molecule has 3 heterocycles. The lowest BCUT2D eigenvalue weighted by atomic mass is 9.85. The number of benzene rings is 2. The van der Waals surface area contributed by atoms with Crippen molar-refractivity contribution in [3.63, 3.8) is 0 Å². The smallest absolute Gasteiger partial charge is 0.243 e. The van der Waals surface area contributed by atoms with Crippen LogP contribution in [-0.2, 0) is 11.3 Å². The van der Waals surface area contributed by atoms with E-state index in [0.29, 0.717) is 17.9 Å². The highest BCUT2D eigenvalue weighted by Crippen LogP contribution is 2.56. The van der Waals surface area contributed by atoms with Crippen LogP contribution in [-0.4, -0.2) is 34.3 Å². The van der Waals surface area contributed by atoms with Crippen LogP contribution in [0.15, 0.2) is 48.5 Å². The first kappa shape index (κ1) is 17.3. The number of likely N-dealkylation sites (tertiary alicyclic amines) is 1. The highest BCUT2D eigenvalue weighted by atomic mass is 35.5. The first-order valence-corrected chi connectivity index (χ1v) is 10.3. The highest BCUT2D eigenvalue weighted by Gasteiger charge is 2.65. The number of carbonyl (C=O) groups is 1. The predicted octanol–water partition coefficient (Wildman–Crippen LogP) is 4.59. The van der Waals surface area contributed by atoms with Crippen molar-refractivity contribution in [2.75, 3.05) is 13.1 Å². The molecule has 3 aliphatic heterocycles. The normalized spacial score (nSPS) is 30.0. The van der Waals surface area contributed by atoms with Crippen molar-refractivity contribution in [2.24, 2.45) is 5.92 Å². The summed E-state index contributed by atoms with van der Waals surface area (Å²) in [5.74, 6) is 0.780. The standard InChI is InChI=1S/C23H25ClN2O/c1-16-5-2-3-6-18(16)14-25-15-19-13-21(17-7-9-20(24)10-8-17)26-12-4-11-23(19,26)22(25)27/h2-3,5-10,19,21H,4,11-15H2,1H3/t19-,21-,23-/m0/s1. The van der Waals surface area contributed by atoms with Crippen molar-refractivity contribution in [3.8, 4) is 0 Å². The fraction of sp³-hybridized carbons (Fsp3) is 0.435. The predicted molar refractivity (Wildman–Crippen MR) is 108 cm³/mol. The Hall–Kier alpha value is -1.84. The van der Waals surface area contributed by atoms with Gasteiger partial charge in [0.2, 0.25) is 5.91 Å². The summed E-state index contributed by atoms with van der Waals surface area (Å²) in [7, 11) is 0. The first-order valence-electron chi connectivity index (χ1n) is 9.96. The second-order valence-corrected chi connectivity index (χ2v) is 8.77. The third kappa shape index (κ3) is 2.55. The molecule has 4 heteroatoms. The van der Waals surface area contributed by atoms with E-state index in [0.717, 1.165) is 43.9 Å². The minimum atomic E-state index is -0.271. The lowest BCUT2D eigenvalue weighted by Gasteiger charge is -2.33. The van der Waals surface area contributed by atoms with E-state index in [1.165, 1.54) is 16.7 Å². The minimum absolute atomic E-state index is 0.271. The van der Waals surface area contributed by atoms with Crippen molar-refractivity contribution < 1.29 is 4.79 Å². The molecule has 3 saturated heterocycles. The lowest BCUT2D eigenvalue weighted by Crippen LogP contribution is -2.49.